The number of rotatable bonds is 2. The van der Waals surface area contributed by atoms with Gasteiger partial charge in [0.25, 0.3) is 0 Å². The number of likely N-dealkylation sites (tertiary alicyclic amines) is 1. The highest BCUT2D eigenvalue weighted by Crippen LogP contribution is 2.38. The summed E-state index contributed by atoms with van der Waals surface area (Å²) in [6, 6.07) is 0.882. The summed E-state index contributed by atoms with van der Waals surface area (Å²) in [7, 11) is 1.88. The average Bonchev–Trinajstić information content (AvgIpc) is 2.57. The summed E-state index contributed by atoms with van der Waals surface area (Å²) in [6.45, 7) is 4.62. The Bertz CT molecular complexity index is 229. The lowest BCUT2D eigenvalue weighted by Crippen LogP contribution is -2.45. The minimum absolute atomic E-state index is 0.148. The van der Waals surface area contributed by atoms with Crippen molar-refractivity contribution in [3.8, 4) is 0 Å². The van der Waals surface area contributed by atoms with Crippen LogP contribution in [0.3, 0.4) is 0 Å². The first-order chi connectivity index (χ1) is 6.84. The highest BCUT2D eigenvalue weighted by molar-refractivity contribution is 5.07. The van der Waals surface area contributed by atoms with E-state index in [1.165, 1.54) is 25.8 Å². The lowest BCUT2D eigenvalue weighted by Gasteiger charge is -2.36. The number of fused-ring (bicyclic) bond motifs is 1. The number of nitrogens with zero attached hydrogens (tertiary/aromatic N) is 1. The normalized spacial score (nSPS) is 43.9. The number of hydrogen-bond donors (Lipinski definition) is 1. The van der Waals surface area contributed by atoms with E-state index in [4.69, 9.17) is 4.74 Å². The molecule has 3 nitrogen and oxygen atoms in total. The lowest BCUT2D eigenvalue weighted by atomic mass is 9.92. The fourth-order valence-electron chi connectivity index (χ4n) is 3.23. The van der Waals surface area contributed by atoms with Crippen LogP contribution < -0.4 is 5.32 Å². The highest BCUT2D eigenvalue weighted by atomic mass is 16.5. The molecule has 0 aromatic carbocycles. The molecule has 1 aliphatic carbocycles. The molecule has 2 heterocycles. The molecule has 2 unspecified atom stereocenters. The van der Waals surface area contributed by atoms with Crippen LogP contribution in [0.2, 0.25) is 0 Å². The van der Waals surface area contributed by atoms with E-state index >= 15 is 0 Å². The standard InChI is InChI=1S/C11H20N2O/c1-14-11-7-12-5-9(11)6-13(8-11)10-3-2-4-10/h9-10,12H,2-8H2,1H3. The summed E-state index contributed by atoms with van der Waals surface area (Å²) in [5, 5.41) is 3.46. The zero-order chi connectivity index (χ0) is 9.60. The lowest BCUT2D eigenvalue weighted by molar-refractivity contribution is -0.0108. The second-order valence-corrected chi connectivity index (χ2v) is 5.11. The fraction of sp³-hybridized carbons (Fsp3) is 1.00. The van der Waals surface area contributed by atoms with Gasteiger partial charge in [-0.3, -0.25) is 4.90 Å². The van der Waals surface area contributed by atoms with Crippen molar-refractivity contribution in [3.05, 3.63) is 0 Å². The first-order valence-corrected chi connectivity index (χ1v) is 5.84. The molecule has 0 aromatic rings. The minimum atomic E-state index is 0.148. The van der Waals surface area contributed by atoms with Crippen molar-refractivity contribution in [1.82, 2.24) is 10.2 Å². The zero-order valence-corrected chi connectivity index (χ0v) is 8.96. The molecule has 0 spiro atoms. The van der Waals surface area contributed by atoms with E-state index in [-0.39, 0.29) is 5.60 Å². The number of ether oxygens (including phenoxy) is 1. The van der Waals surface area contributed by atoms with Gasteiger partial charge in [0, 0.05) is 45.2 Å². The molecule has 14 heavy (non-hydrogen) atoms. The van der Waals surface area contributed by atoms with Gasteiger partial charge >= 0.3 is 0 Å². The monoisotopic (exact) mass is 196 g/mol. The molecule has 2 atom stereocenters. The molecule has 3 rings (SSSR count). The number of hydrogen-bond acceptors (Lipinski definition) is 3. The predicted octanol–water partition coefficient (Wildman–Crippen LogP) is 0.459. The van der Waals surface area contributed by atoms with Gasteiger partial charge in [0.2, 0.25) is 0 Å². The average molecular weight is 196 g/mol. The van der Waals surface area contributed by atoms with Crippen LogP contribution in [-0.4, -0.2) is 49.8 Å². The van der Waals surface area contributed by atoms with Crippen molar-refractivity contribution in [3.63, 3.8) is 0 Å². The molecule has 1 N–H and O–H groups in total. The van der Waals surface area contributed by atoms with Crippen molar-refractivity contribution in [2.75, 3.05) is 33.3 Å². The van der Waals surface area contributed by atoms with Gasteiger partial charge < -0.3 is 10.1 Å². The van der Waals surface area contributed by atoms with Gasteiger partial charge in [0.05, 0.1) is 5.60 Å². The van der Waals surface area contributed by atoms with Crippen molar-refractivity contribution >= 4 is 0 Å². The maximum absolute atomic E-state index is 5.77. The summed E-state index contributed by atoms with van der Waals surface area (Å²) in [5.41, 5.74) is 0.148. The van der Waals surface area contributed by atoms with Gasteiger partial charge in [-0.15, -0.1) is 0 Å². The van der Waals surface area contributed by atoms with Gasteiger partial charge in [-0.2, -0.15) is 0 Å². The molecule has 3 aliphatic rings. The Labute approximate surface area is 85.8 Å². The van der Waals surface area contributed by atoms with E-state index in [9.17, 15) is 0 Å². The molecule has 1 saturated carbocycles. The first kappa shape index (κ1) is 9.13. The van der Waals surface area contributed by atoms with Crippen molar-refractivity contribution in [1.29, 1.82) is 0 Å². The van der Waals surface area contributed by atoms with E-state index in [0.717, 1.165) is 31.6 Å². The molecule has 0 aromatic heterocycles. The second-order valence-electron chi connectivity index (χ2n) is 5.11. The SMILES string of the molecule is COC12CNCC1CN(C1CCC1)C2. The summed E-state index contributed by atoms with van der Waals surface area (Å²) >= 11 is 0. The molecule has 3 heteroatoms. The van der Waals surface area contributed by atoms with E-state index in [2.05, 4.69) is 10.2 Å². The van der Waals surface area contributed by atoms with Crippen LogP contribution in [0.15, 0.2) is 0 Å². The quantitative estimate of drug-likeness (QED) is 0.694. The van der Waals surface area contributed by atoms with Gasteiger partial charge in [-0.25, -0.2) is 0 Å². The van der Waals surface area contributed by atoms with Gasteiger partial charge in [-0.1, -0.05) is 6.42 Å². The predicted molar refractivity (Wildman–Crippen MR) is 55.3 cm³/mol. The molecule has 2 saturated heterocycles. The largest absolute Gasteiger partial charge is 0.375 e. The smallest absolute Gasteiger partial charge is 0.0980 e. The van der Waals surface area contributed by atoms with E-state index in [1.807, 2.05) is 7.11 Å². The minimum Gasteiger partial charge on any atom is -0.375 e. The highest BCUT2D eigenvalue weighted by Gasteiger charge is 2.51. The van der Waals surface area contributed by atoms with E-state index < -0.39 is 0 Å². The first-order valence-electron chi connectivity index (χ1n) is 5.84. The summed E-state index contributed by atoms with van der Waals surface area (Å²) < 4.78 is 5.77. The van der Waals surface area contributed by atoms with Gasteiger partial charge in [0.15, 0.2) is 0 Å². The van der Waals surface area contributed by atoms with Crippen LogP contribution in [-0.2, 0) is 4.74 Å². The number of methoxy groups -OCH3 is 1. The molecule has 0 bridgehead atoms. The third kappa shape index (κ3) is 1.16. The van der Waals surface area contributed by atoms with Crippen molar-refractivity contribution in [2.24, 2.45) is 5.92 Å². The topological polar surface area (TPSA) is 24.5 Å². The van der Waals surface area contributed by atoms with Crippen LogP contribution in [0.4, 0.5) is 0 Å². The van der Waals surface area contributed by atoms with Crippen LogP contribution in [0, 0.1) is 5.92 Å². The Kier molecular flexibility index (Phi) is 2.08. The molecule has 80 valence electrons. The van der Waals surface area contributed by atoms with Gasteiger partial charge in [-0.05, 0) is 12.8 Å². The Morgan fingerprint density at radius 2 is 2.29 bits per heavy atom. The van der Waals surface area contributed by atoms with Crippen LogP contribution in [0.5, 0.6) is 0 Å². The summed E-state index contributed by atoms with van der Waals surface area (Å²) in [5.74, 6) is 0.730. The Hall–Kier alpha value is -0.120. The van der Waals surface area contributed by atoms with Crippen molar-refractivity contribution in [2.45, 2.75) is 30.9 Å². The molecule has 0 amide bonds. The Morgan fingerprint density at radius 1 is 1.43 bits per heavy atom. The third-order valence-corrected chi connectivity index (χ3v) is 4.48. The third-order valence-electron chi connectivity index (χ3n) is 4.48. The summed E-state index contributed by atoms with van der Waals surface area (Å²) in [4.78, 5) is 2.67. The molecular formula is C11H20N2O. The maximum Gasteiger partial charge on any atom is 0.0980 e. The Morgan fingerprint density at radius 3 is 2.86 bits per heavy atom. The Balaban J connectivity index is 1.72. The van der Waals surface area contributed by atoms with Crippen LogP contribution >= 0.6 is 0 Å². The molecule has 2 aliphatic heterocycles. The van der Waals surface area contributed by atoms with E-state index in [1.54, 1.807) is 0 Å². The molecule has 3 fully saturated rings. The van der Waals surface area contributed by atoms with Crippen LogP contribution in [0.25, 0.3) is 0 Å². The maximum atomic E-state index is 5.77. The molecule has 0 radical (unpaired) electrons. The zero-order valence-electron chi connectivity index (χ0n) is 8.96. The van der Waals surface area contributed by atoms with Gasteiger partial charge in [0.1, 0.15) is 0 Å². The van der Waals surface area contributed by atoms with Crippen molar-refractivity contribution < 1.29 is 4.74 Å². The second kappa shape index (κ2) is 3.19. The molecular weight excluding hydrogens is 176 g/mol. The van der Waals surface area contributed by atoms with Crippen LogP contribution in [0.1, 0.15) is 19.3 Å². The summed E-state index contributed by atoms with van der Waals surface area (Å²) in [6.07, 6.45) is 4.27. The number of nitrogens with one attached hydrogen (secondary N) is 1. The van der Waals surface area contributed by atoms with E-state index in [0.29, 0.717) is 0 Å². The fourth-order valence-corrected chi connectivity index (χ4v) is 3.23.